The van der Waals surface area contributed by atoms with Crippen molar-refractivity contribution < 1.29 is 19.5 Å². The molecule has 3 amide bonds. The van der Waals surface area contributed by atoms with Gasteiger partial charge in [-0.1, -0.05) is 30.3 Å². The molecule has 186 valence electrons. The zero-order valence-electron chi connectivity index (χ0n) is 20.8. The maximum absolute atomic E-state index is 12.5. The number of carbonyl (C=O) groups is 3. The molecule has 8 heteroatoms. The number of piperazine rings is 1. The topological polar surface area (TPSA) is 93.2 Å². The van der Waals surface area contributed by atoms with Gasteiger partial charge < -0.3 is 15.3 Å². The Balaban J connectivity index is 1.66. The summed E-state index contributed by atoms with van der Waals surface area (Å²) in [7, 11) is 0. The fourth-order valence-electron chi connectivity index (χ4n) is 5.36. The van der Waals surface area contributed by atoms with Crippen LogP contribution in [0.5, 0.6) is 0 Å². The number of hydrogen-bond donors (Lipinski definition) is 2. The quantitative estimate of drug-likeness (QED) is 0.681. The molecule has 0 aliphatic carbocycles. The lowest BCUT2D eigenvalue weighted by Gasteiger charge is -2.43. The molecule has 2 aliphatic rings. The van der Waals surface area contributed by atoms with E-state index in [0.29, 0.717) is 26.1 Å². The summed E-state index contributed by atoms with van der Waals surface area (Å²) in [4.78, 5) is 41.7. The molecule has 0 aromatic heterocycles. The van der Waals surface area contributed by atoms with Gasteiger partial charge in [-0.05, 0) is 61.6 Å². The minimum Gasteiger partial charge on any atom is -0.465 e. The molecule has 2 aromatic carbocycles. The molecule has 35 heavy (non-hydrogen) atoms. The van der Waals surface area contributed by atoms with Gasteiger partial charge in [-0.25, -0.2) is 4.79 Å². The molecule has 0 radical (unpaired) electrons. The molecule has 1 fully saturated rings. The largest absolute Gasteiger partial charge is 0.465 e. The number of fused-ring (bicyclic) bond motifs is 1. The number of carboxylic acid groups (broad SMARTS) is 1. The first-order valence-corrected chi connectivity index (χ1v) is 12.2. The molecule has 2 unspecified atom stereocenters. The molecule has 2 N–H and O–H groups in total. The van der Waals surface area contributed by atoms with Gasteiger partial charge >= 0.3 is 6.09 Å². The van der Waals surface area contributed by atoms with Crippen LogP contribution in [0.3, 0.4) is 0 Å². The Hall–Kier alpha value is -3.39. The minimum absolute atomic E-state index is 0.0490. The summed E-state index contributed by atoms with van der Waals surface area (Å²) in [5, 5.41) is 12.8. The highest BCUT2D eigenvalue weighted by molar-refractivity contribution is 5.94. The van der Waals surface area contributed by atoms with Crippen molar-refractivity contribution in [2.24, 2.45) is 0 Å². The third-order valence-corrected chi connectivity index (χ3v) is 6.91. The average Bonchev–Trinajstić information content (AvgIpc) is 2.78. The average molecular weight is 479 g/mol. The van der Waals surface area contributed by atoms with Crippen molar-refractivity contribution in [3.05, 3.63) is 53.6 Å². The monoisotopic (exact) mass is 478 g/mol. The highest BCUT2D eigenvalue weighted by Gasteiger charge is 2.38. The normalized spacial score (nSPS) is 20.4. The van der Waals surface area contributed by atoms with E-state index in [1.54, 1.807) is 11.8 Å². The summed E-state index contributed by atoms with van der Waals surface area (Å²) in [5.74, 6) is 0.00864. The molecular weight excluding hydrogens is 444 g/mol. The highest BCUT2D eigenvalue weighted by atomic mass is 16.4. The number of amides is 3. The smallest absolute Gasteiger partial charge is 0.408 e. The number of anilines is 1. The standard InChI is InChI=1S/C27H34N4O4/c1-17(2)30(27(34)35)25-13-18(3)31(19(4)32)24-10-9-22(14-23(24)25)21-7-5-20(6-8-21)15-29-12-11-28-26(33)16-29/h5-10,14,17-18,25H,11-13,15-16H2,1-4H3,(H,28,33)(H,34,35). The molecule has 2 aliphatic heterocycles. The summed E-state index contributed by atoms with van der Waals surface area (Å²) in [6.45, 7) is 9.91. The van der Waals surface area contributed by atoms with Crippen molar-refractivity contribution in [2.75, 3.05) is 24.5 Å². The zero-order valence-corrected chi connectivity index (χ0v) is 20.8. The first-order chi connectivity index (χ1) is 16.7. The van der Waals surface area contributed by atoms with Crippen LogP contribution in [0.4, 0.5) is 10.5 Å². The molecule has 2 aromatic rings. The Morgan fingerprint density at radius 2 is 1.83 bits per heavy atom. The van der Waals surface area contributed by atoms with Crippen molar-refractivity contribution >= 4 is 23.6 Å². The summed E-state index contributed by atoms with van der Waals surface area (Å²) in [6, 6.07) is 13.6. The molecule has 4 rings (SSSR count). The lowest BCUT2D eigenvalue weighted by atomic mass is 9.87. The third-order valence-electron chi connectivity index (χ3n) is 6.91. The van der Waals surface area contributed by atoms with E-state index in [2.05, 4.69) is 34.5 Å². The van der Waals surface area contributed by atoms with Gasteiger partial charge in [-0.15, -0.1) is 0 Å². The van der Waals surface area contributed by atoms with E-state index in [1.165, 1.54) is 4.90 Å². The van der Waals surface area contributed by atoms with Crippen LogP contribution in [0.15, 0.2) is 42.5 Å². The molecule has 0 saturated carbocycles. The lowest BCUT2D eigenvalue weighted by Crippen LogP contribution is -2.48. The SMILES string of the molecule is CC(=O)N1c2ccc(-c3ccc(CN4CCNC(=O)C4)cc3)cc2C(N(C(=O)O)C(C)C)CC1C. The second-order valence-electron chi connectivity index (χ2n) is 9.80. The number of nitrogens with zero attached hydrogens (tertiary/aromatic N) is 3. The fourth-order valence-corrected chi connectivity index (χ4v) is 5.36. The van der Waals surface area contributed by atoms with Crippen molar-refractivity contribution in [1.82, 2.24) is 15.1 Å². The van der Waals surface area contributed by atoms with E-state index in [1.807, 2.05) is 39.0 Å². The van der Waals surface area contributed by atoms with E-state index in [4.69, 9.17) is 0 Å². The first-order valence-electron chi connectivity index (χ1n) is 12.2. The van der Waals surface area contributed by atoms with Crippen LogP contribution in [0, 0.1) is 0 Å². The van der Waals surface area contributed by atoms with Gasteiger partial charge in [0.1, 0.15) is 0 Å². The van der Waals surface area contributed by atoms with Crippen LogP contribution in [-0.4, -0.2) is 64.5 Å². The molecule has 0 spiro atoms. The van der Waals surface area contributed by atoms with Crippen LogP contribution in [0.2, 0.25) is 0 Å². The van der Waals surface area contributed by atoms with E-state index in [-0.39, 0.29) is 29.9 Å². The van der Waals surface area contributed by atoms with Gasteiger partial charge in [-0.2, -0.15) is 0 Å². The Labute approximate surface area is 206 Å². The fraction of sp³-hybridized carbons (Fsp3) is 0.444. The Kier molecular flexibility index (Phi) is 7.12. The lowest BCUT2D eigenvalue weighted by molar-refractivity contribution is -0.124. The van der Waals surface area contributed by atoms with Gasteiger partial charge in [-0.3, -0.25) is 19.4 Å². The molecule has 0 bridgehead atoms. The summed E-state index contributed by atoms with van der Waals surface area (Å²) in [5.41, 5.74) is 4.76. The molecular formula is C27H34N4O4. The highest BCUT2D eigenvalue weighted by Crippen LogP contribution is 2.43. The number of rotatable bonds is 5. The van der Waals surface area contributed by atoms with E-state index >= 15 is 0 Å². The van der Waals surface area contributed by atoms with Crippen molar-refractivity contribution in [1.29, 1.82) is 0 Å². The van der Waals surface area contributed by atoms with Crippen LogP contribution in [0.25, 0.3) is 11.1 Å². The predicted octanol–water partition coefficient (Wildman–Crippen LogP) is 3.86. The third kappa shape index (κ3) is 5.17. The van der Waals surface area contributed by atoms with Gasteiger partial charge in [0.2, 0.25) is 11.8 Å². The maximum Gasteiger partial charge on any atom is 0.408 e. The Bertz CT molecular complexity index is 1110. The van der Waals surface area contributed by atoms with Crippen molar-refractivity contribution in [3.8, 4) is 11.1 Å². The van der Waals surface area contributed by atoms with Crippen molar-refractivity contribution in [3.63, 3.8) is 0 Å². The first kappa shape index (κ1) is 24.7. The van der Waals surface area contributed by atoms with Gasteiger partial charge in [0, 0.05) is 44.3 Å². The number of carbonyl (C=O) groups excluding carboxylic acids is 2. The molecule has 2 heterocycles. The van der Waals surface area contributed by atoms with Gasteiger partial charge in [0.05, 0.1) is 12.6 Å². The van der Waals surface area contributed by atoms with Crippen LogP contribution in [-0.2, 0) is 16.1 Å². The van der Waals surface area contributed by atoms with E-state index in [9.17, 15) is 19.5 Å². The van der Waals surface area contributed by atoms with Gasteiger partial charge in [0.15, 0.2) is 0 Å². The molecule has 1 saturated heterocycles. The van der Waals surface area contributed by atoms with Crippen LogP contribution in [0.1, 0.15) is 51.3 Å². The van der Waals surface area contributed by atoms with Crippen LogP contribution >= 0.6 is 0 Å². The molecule has 8 nitrogen and oxygen atoms in total. The number of nitrogens with one attached hydrogen (secondary N) is 1. The summed E-state index contributed by atoms with van der Waals surface area (Å²) in [6.07, 6.45) is -0.413. The summed E-state index contributed by atoms with van der Waals surface area (Å²) < 4.78 is 0. The summed E-state index contributed by atoms with van der Waals surface area (Å²) >= 11 is 0. The predicted molar refractivity (Wildman–Crippen MR) is 135 cm³/mol. The number of benzene rings is 2. The van der Waals surface area contributed by atoms with Gasteiger partial charge in [0.25, 0.3) is 0 Å². The molecule has 2 atom stereocenters. The van der Waals surface area contributed by atoms with E-state index < -0.39 is 6.09 Å². The zero-order chi connectivity index (χ0) is 25.3. The number of hydrogen-bond acceptors (Lipinski definition) is 4. The Morgan fingerprint density at radius 3 is 2.43 bits per heavy atom. The van der Waals surface area contributed by atoms with Crippen molar-refractivity contribution in [2.45, 2.75) is 58.8 Å². The van der Waals surface area contributed by atoms with Crippen LogP contribution < -0.4 is 10.2 Å². The maximum atomic E-state index is 12.5. The second kappa shape index (κ2) is 10.1. The Morgan fingerprint density at radius 1 is 1.14 bits per heavy atom. The minimum atomic E-state index is -0.958. The second-order valence-corrected chi connectivity index (χ2v) is 9.80. The van der Waals surface area contributed by atoms with E-state index in [0.717, 1.165) is 34.5 Å².